The molecule has 0 radical (unpaired) electrons. The summed E-state index contributed by atoms with van der Waals surface area (Å²) in [6, 6.07) is 7.03. The maximum atomic E-state index is 12.4. The Bertz CT molecular complexity index is 547. The molecule has 1 saturated heterocycles. The molecule has 0 spiro atoms. The number of ether oxygens (including phenoxy) is 1. The average Bonchev–Trinajstić information content (AvgIpc) is 2.56. The first-order chi connectivity index (χ1) is 11.1. The number of carbonyl (C=O) groups is 2. The predicted octanol–water partition coefficient (Wildman–Crippen LogP) is 3.19. The molecule has 2 N–H and O–H groups in total. The van der Waals surface area contributed by atoms with Crippen LogP contribution in [-0.4, -0.2) is 41.7 Å². The smallest absolute Gasteiger partial charge is 0.321 e. The number of aliphatic carboxylic acids is 1. The highest BCUT2D eigenvalue weighted by Crippen LogP contribution is 2.25. The van der Waals surface area contributed by atoms with Crippen molar-refractivity contribution in [1.82, 2.24) is 4.90 Å². The molecule has 0 bridgehead atoms. The molecule has 1 fully saturated rings. The summed E-state index contributed by atoms with van der Waals surface area (Å²) in [5.74, 6) is -0.683. The number of anilines is 1. The number of para-hydroxylation sites is 2. The minimum atomic E-state index is -0.842. The van der Waals surface area contributed by atoms with Crippen molar-refractivity contribution in [3.63, 3.8) is 0 Å². The number of amides is 2. The van der Waals surface area contributed by atoms with Gasteiger partial charge in [-0.15, -0.1) is 0 Å². The lowest BCUT2D eigenvalue weighted by Gasteiger charge is -2.30. The number of carboxylic acids is 1. The topological polar surface area (TPSA) is 78.9 Å². The first-order valence-corrected chi connectivity index (χ1v) is 8.12. The zero-order chi connectivity index (χ0) is 16.7. The van der Waals surface area contributed by atoms with Gasteiger partial charge in [0.2, 0.25) is 0 Å². The zero-order valence-electron chi connectivity index (χ0n) is 13.5. The predicted molar refractivity (Wildman–Crippen MR) is 87.8 cm³/mol. The average molecular weight is 320 g/mol. The standard InChI is InChI=1S/C17H24N2O4/c1-2-3-11-23-15-9-5-4-8-14(15)18-17(22)19-10-6-7-13(12-19)16(20)21/h4-5,8-9,13H,2-3,6-7,10-12H2,1H3,(H,18,22)(H,20,21). The Kier molecular flexibility index (Phi) is 6.26. The number of hydrogen-bond donors (Lipinski definition) is 2. The lowest BCUT2D eigenvalue weighted by molar-refractivity contribution is -0.143. The van der Waals surface area contributed by atoms with E-state index in [0.29, 0.717) is 37.4 Å². The fourth-order valence-corrected chi connectivity index (χ4v) is 2.58. The number of carboxylic acid groups (broad SMARTS) is 1. The highest BCUT2D eigenvalue weighted by molar-refractivity contribution is 5.91. The first-order valence-electron chi connectivity index (χ1n) is 8.12. The van der Waals surface area contributed by atoms with E-state index in [-0.39, 0.29) is 12.6 Å². The van der Waals surface area contributed by atoms with E-state index in [0.717, 1.165) is 12.8 Å². The van der Waals surface area contributed by atoms with Crippen LogP contribution in [0.2, 0.25) is 0 Å². The van der Waals surface area contributed by atoms with Crippen LogP contribution in [0.25, 0.3) is 0 Å². The Balaban J connectivity index is 1.98. The molecule has 1 heterocycles. The number of urea groups is 1. The zero-order valence-corrected chi connectivity index (χ0v) is 13.5. The molecule has 6 nitrogen and oxygen atoms in total. The molecular weight excluding hydrogens is 296 g/mol. The largest absolute Gasteiger partial charge is 0.491 e. The van der Waals surface area contributed by atoms with E-state index >= 15 is 0 Å². The summed E-state index contributed by atoms with van der Waals surface area (Å²) in [5.41, 5.74) is 0.617. The van der Waals surface area contributed by atoms with E-state index in [9.17, 15) is 9.59 Å². The number of benzene rings is 1. The van der Waals surface area contributed by atoms with Crippen LogP contribution in [0.15, 0.2) is 24.3 Å². The van der Waals surface area contributed by atoms with Crippen molar-refractivity contribution in [2.75, 3.05) is 25.0 Å². The number of nitrogens with zero attached hydrogens (tertiary/aromatic N) is 1. The molecule has 0 saturated carbocycles. The minimum absolute atomic E-state index is 0.250. The van der Waals surface area contributed by atoms with Crippen LogP contribution < -0.4 is 10.1 Å². The first kappa shape index (κ1) is 17.1. The lowest BCUT2D eigenvalue weighted by Crippen LogP contribution is -2.44. The van der Waals surface area contributed by atoms with Crippen LogP contribution in [0.1, 0.15) is 32.6 Å². The van der Waals surface area contributed by atoms with Gasteiger partial charge in [-0.2, -0.15) is 0 Å². The molecule has 1 unspecified atom stereocenters. The normalized spacial score (nSPS) is 17.6. The summed E-state index contributed by atoms with van der Waals surface area (Å²) >= 11 is 0. The molecule has 1 aliphatic rings. The van der Waals surface area contributed by atoms with Crippen molar-refractivity contribution in [1.29, 1.82) is 0 Å². The fourth-order valence-electron chi connectivity index (χ4n) is 2.58. The quantitative estimate of drug-likeness (QED) is 0.789. The second-order valence-corrected chi connectivity index (χ2v) is 5.75. The van der Waals surface area contributed by atoms with Crippen molar-refractivity contribution < 1.29 is 19.4 Å². The van der Waals surface area contributed by atoms with Gasteiger partial charge in [0.25, 0.3) is 0 Å². The monoisotopic (exact) mass is 320 g/mol. The van der Waals surface area contributed by atoms with Gasteiger partial charge in [0.05, 0.1) is 18.2 Å². The number of hydrogen-bond acceptors (Lipinski definition) is 3. The van der Waals surface area contributed by atoms with E-state index in [2.05, 4.69) is 12.2 Å². The number of piperidine rings is 1. The molecular formula is C17H24N2O4. The Morgan fingerprint density at radius 3 is 2.91 bits per heavy atom. The van der Waals surface area contributed by atoms with Gasteiger partial charge in [-0.25, -0.2) is 4.79 Å². The molecule has 1 atom stereocenters. The summed E-state index contributed by atoms with van der Waals surface area (Å²) < 4.78 is 5.70. The summed E-state index contributed by atoms with van der Waals surface area (Å²) in [5, 5.41) is 11.9. The third-order valence-corrected chi connectivity index (χ3v) is 3.94. The van der Waals surface area contributed by atoms with E-state index in [1.807, 2.05) is 18.2 Å². The number of likely N-dealkylation sites (tertiary alicyclic amines) is 1. The summed E-state index contributed by atoms with van der Waals surface area (Å²) in [6.07, 6.45) is 3.32. The second-order valence-electron chi connectivity index (χ2n) is 5.75. The van der Waals surface area contributed by atoms with Gasteiger partial charge in [-0.05, 0) is 31.4 Å². The molecule has 1 aliphatic heterocycles. The van der Waals surface area contributed by atoms with Crippen LogP contribution in [0.5, 0.6) is 5.75 Å². The van der Waals surface area contributed by atoms with E-state index in [4.69, 9.17) is 9.84 Å². The van der Waals surface area contributed by atoms with Gasteiger partial charge < -0.3 is 20.1 Å². The number of carbonyl (C=O) groups excluding carboxylic acids is 1. The second kappa shape index (κ2) is 8.41. The Labute approximate surface area is 136 Å². The Morgan fingerprint density at radius 1 is 1.39 bits per heavy atom. The van der Waals surface area contributed by atoms with Gasteiger partial charge >= 0.3 is 12.0 Å². The van der Waals surface area contributed by atoms with Crippen molar-refractivity contribution in [2.45, 2.75) is 32.6 Å². The molecule has 0 aromatic heterocycles. The van der Waals surface area contributed by atoms with Crippen molar-refractivity contribution >= 4 is 17.7 Å². The number of unbranched alkanes of at least 4 members (excludes halogenated alkanes) is 1. The van der Waals surface area contributed by atoms with Crippen LogP contribution in [0.4, 0.5) is 10.5 Å². The molecule has 2 amide bonds. The summed E-state index contributed by atoms with van der Waals surface area (Å²) in [7, 11) is 0. The minimum Gasteiger partial charge on any atom is -0.491 e. The van der Waals surface area contributed by atoms with Crippen molar-refractivity contribution in [3.05, 3.63) is 24.3 Å². The Morgan fingerprint density at radius 2 is 2.17 bits per heavy atom. The van der Waals surface area contributed by atoms with Crippen LogP contribution in [-0.2, 0) is 4.79 Å². The number of rotatable bonds is 6. The fraction of sp³-hybridized carbons (Fsp3) is 0.529. The summed E-state index contributed by atoms with van der Waals surface area (Å²) in [6.45, 7) is 3.52. The highest BCUT2D eigenvalue weighted by atomic mass is 16.5. The van der Waals surface area contributed by atoms with E-state index in [1.165, 1.54) is 0 Å². The van der Waals surface area contributed by atoms with Gasteiger partial charge in [0.15, 0.2) is 0 Å². The molecule has 1 aromatic carbocycles. The van der Waals surface area contributed by atoms with Gasteiger partial charge in [-0.1, -0.05) is 25.5 Å². The number of nitrogens with one attached hydrogen (secondary N) is 1. The lowest BCUT2D eigenvalue weighted by atomic mass is 9.99. The summed E-state index contributed by atoms with van der Waals surface area (Å²) in [4.78, 5) is 25.0. The third kappa shape index (κ3) is 4.87. The van der Waals surface area contributed by atoms with E-state index < -0.39 is 11.9 Å². The van der Waals surface area contributed by atoms with Crippen LogP contribution in [0, 0.1) is 5.92 Å². The molecule has 0 aliphatic carbocycles. The maximum absolute atomic E-state index is 12.4. The molecule has 2 rings (SSSR count). The van der Waals surface area contributed by atoms with E-state index in [1.54, 1.807) is 11.0 Å². The van der Waals surface area contributed by atoms with Crippen molar-refractivity contribution in [2.24, 2.45) is 5.92 Å². The SMILES string of the molecule is CCCCOc1ccccc1NC(=O)N1CCCC(C(=O)O)C1. The highest BCUT2D eigenvalue weighted by Gasteiger charge is 2.28. The molecule has 1 aromatic rings. The van der Waals surface area contributed by atoms with Crippen LogP contribution >= 0.6 is 0 Å². The molecule has 126 valence electrons. The molecule has 23 heavy (non-hydrogen) atoms. The van der Waals surface area contributed by atoms with Crippen molar-refractivity contribution in [3.8, 4) is 5.75 Å². The van der Waals surface area contributed by atoms with Gasteiger partial charge in [-0.3, -0.25) is 4.79 Å². The Hall–Kier alpha value is -2.24. The van der Waals surface area contributed by atoms with Gasteiger partial charge in [0.1, 0.15) is 5.75 Å². The third-order valence-electron chi connectivity index (χ3n) is 3.94. The van der Waals surface area contributed by atoms with Crippen LogP contribution in [0.3, 0.4) is 0 Å². The maximum Gasteiger partial charge on any atom is 0.321 e. The van der Waals surface area contributed by atoms with Gasteiger partial charge in [0, 0.05) is 13.1 Å². The molecule has 6 heteroatoms.